The van der Waals surface area contributed by atoms with Crippen molar-refractivity contribution in [3.8, 4) is 0 Å². The maximum absolute atomic E-state index is 10.2. The number of aliphatic hydroxyl groups excluding tert-OH is 1. The van der Waals surface area contributed by atoms with Crippen LogP contribution < -0.4 is 0 Å². The topological polar surface area (TPSA) is 23.5 Å². The molecular weight excluding hydrogens is 269 g/mol. The number of aliphatic hydroxyl groups is 1. The van der Waals surface area contributed by atoms with Gasteiger partial charge in [0, 0.05) is 23.1 Å². The van der Waals surface area contributed by atoms with Gasteiger partial charge in [0.1, 0.15) is 0 Å². The molecule has 1 N–H and O–H groups in total. The molecule has 1 aromatic carbocycles. The molecule has 0 aliphatic carbocycles. The van der Waals surface area contributed by atoms with Gasteiger partial charge in [-0.15, -0.1) is 0 Å². The molecule has 1 aliphatic heterocycles. The van der Waals surface area contributed by atoms with E-state index in [2.05, 4.69) is 18.7 Å². The minimum absolute atomic E-state index is 0.00262. The van der Waals surface area contributed by atoms with Crippen LogP contribution in [0.3, 0.4) is 0 Å². The van der Waals surface area contributed by atoms with Gasteiger partial charge in [-0.1, -0.05) is 43.1 Å². The van der Waals surface area contributed by atoms with E-state index in [-0.39, 0.29) is 12.1 Å². The number of benzene rings is 1. The normalized spacial score (nSPS) is 25.0. The van der Waals surface area contributed by atoms with Crippen molar-refractivity contribution < 1.29 is 5.11 Å². The molecule has 1 heterocycles. The summed E-state index contributed by atoms with van der Waals surface area (Å²) in [6.07, 6.45) is 0.457. The first-order chi connectivity index (χ1) is 8.49. The smallest absolute Gasteiger partial charge is 0.0749 e. The van der Waals surface area contributed by atoms with Gasteiger partial charge in [-0.2, -0.15) is 0 Å². The molecule has 2 atom stereocenters. The summed E-state index contributed by atoms with van der Waals surface area (Å²) in [6, 6.07) is 5.51. The molecule has 1 aromatic rings. The summed E-state index contributed by atoms with van der Waals surface area (Å²) in [4.78, 5) is 2.31. The first-order valence-electron chi connectivity index (χ1n) is 6.36. The standard InChI is InChI=1S/C14H19Cl2NO/c1-9(2)8-17-6-5-13(18)14(17)11-4-3-10(15)7-12(11)16/h3-4,7,9,13-14,18H,5-6,8H2,1-2H3. The maximum Gasteiger partial charge on any atom is 0.0749 e. The second kappa shape index (κ2) is 5.79. The average Bonchev–Trinajstić information content (AvgIpc) is 2.60. The zero-order chi connectivity index (χ0) is 13.3. The largest absolute Gasteiger partial charge is 0.391 e. The zero-order valence-corrected chi connectivity index (χ0v) is 12.2. The van der Waals surface area contributed by atoms with E-state index in [4.69, 9.17) is 23.2 Å². The quantitative estimate of drug-likeness (QED) is 0.915. The molecule has 0 bridgehead atoms. The van der Waals surface area contributed by atoms with Crippen LogP contribution >= 0.6 is 23.2 Å². The van der Waals surface area contributed by atoms with Crippen molar-refractivity contribution in [1.82, 2.24) is 4.90 Å². The van der Waals surface area contributed by atoms with Gasteiger partial charge in [0.25, 0.3) is 0 Å². The van der Waals surface area contributed by atoms with Crippen molar-refractivity contribution in [2.45, 2.75) is 32.4 Å². The van der Waals surface area contributed by atoms with Crippen molar-refractivity contribution in [3.63, 3.8) is 0 Å². The summed E-state index contributed by atoms with van der Waals surface area (Å²) in [6.45, 7) is 6.26. The first-order valence-corrected chi connectivity index (χ1v) is 7.11. The third kappa shape index (κ3) is 3.00. The van der Waals surface area contributed by atoms with E-state index in [1.807, 2.05) is 12.1 Å². The van der Waals surface area contributed by atoms with E-state index in [0.29, 0.717) is 16.0 Å². The number of hydrogen-bond donors (Lipinski definition) is 1. The van der Waals surface area contributed by atoms with Crippen molar-refractivity contribution in [2.24, 2.45) is 5.92 Å². The van der Waals surface area contributed by atoms with Gasteiger partial charge < -0.3 is 5.11 Å². The highest BCUT2D eigenvalue weighted by Gasteiger charge is 2.35. The molecule has 4 heteroatoms. The Morgan fingerprint density at radius 2 is 2.11 bits per heavy atom. The Bertz CT molecular complexity index is 422. The Morgan fingerprint density at radius 1 is 1.39 bits per heavy atom. The third-order valence-corrected chi connectivity index (χ3v) is 3.91. The van der Waals surface area contributed by atoms with E-state index in [1.54, 1.807) is 6.07 Å². The minimum atomic E-state index is -0.345. The SMILES string of the molecule is CC(C)CN1CCC(O)C1c1ccc(Cl)cc1Cl. The summed E-state index contributed by atoms with van der Waals surface area (Å²) in [5, 5.41) is 11.5. The fourth-order valence-electron chi connectivity index (χ4n) is 2.66. The van der Waals surface area contributed by atoms with Crippen LogP contribution in [0.1, 0.15) is 31.9 Å². The molecular formula is C14H19Cl2NO. The summed E-state index contributed by atoms with van der Waals surface area (Å²) >= 11 is 12.2. The van der Waals surface area contributed by atoms with Gasteiger partial charge in [0.05, 0.1) is 12.1 Å². The number of rotatable bonds is 3. The average molecular weight is 288 g/mol. The predicted octanol–water partition coefficient (Wildman–Crippen LogP) is 3.76. The minimum Gasteiger partial charge on any atom is -0.391 e. The second-order valence-electron chi connectivity index (χ2n) is 5.36. The molecule has 2 rings (SSSR count). The molecule has 1 saturated heterocycles. The molecule has 2 nitrogen and oxygen atoms in total. The highest BCUT2D eigenvalue weighted by molar-refractivity contribution is 6.35. The van der Waals surface area contributed by atoms with Crippen LogP contribution in [0.5, 0.6) is 0 Å². The van der Waals surface area contributed by atoms with Gasteiger partial charge in [0.2, 0.25) is 0 Å². The summed E-state index contributed by atoms with van der Waals surface area (Å²) < 4.78 is 0. The summed E-state index contributed by atoms with van der Waals surface area (Å²) in [7, 11) is 0. The molecule has 0 aromatic heterocycles. The zero-order valence-electron chi connectivity index (χ0n) is 10.7. The maximum atomic E-state index is 10.2. The molecule has 1 fully saturated rings. The Labute approximate surface area is 119 Å². The van der Waals surface area contributed by atoms with E-state index in [0.717, 1.165) is 25.1 Å². The third-order valence-electron chi connectivity index (χ3n) is 3.35. The van der Waals surface area contributed by atoms with Crippen LogP contribution in [0, 0.1) is 5.92 Å². The Hall–Kier alpha value is -0.280. The van der Waals surface area contributed by atoms with Crippen LogP contribution in [0.2, 0.25) is 10.0 Å². The van der Waals surface area contributed by atoms with Crippen molar-refractivity contribution in [2.75, 3.05) is 13.1 Å². The van der Waals surface area contributed by atoms with Crippen molar-refractivity contribution >= 4 is 23.2 Å². The van der Waals surface area contributed by atoms with Crippen LogP contribution in [-0.2, 0) is 0 Å². The van der Waals surface area contributed by atoms with Crippen molar-refractivity contribution in [3.05, 3.63) is 33.8 Å². The molecule has 18 heavy (non-hydrogen) atoms. The second-order valence-corrected chi connectivity index (χ2v) is 6.20. The highest BCUT2D eigenvalue weighted by atomic mass is 35.5. The molecule has 0 amide bonds. The van der Waals surface area contributed by atoms with E-state index >= 15 is 0 Å². The van der Waals surface area contributed by atoms with Crippen LogP contribution in [0.25, 0.3) is 0 Å². The lowest BCUT2D eigenvalue weighted by Crippen LogP contribution is -2.30. The van der Waals surface area contributed by atoms with Gasteiger partial charge in [-0.05, 0) is 30.0 Å². The number of hydrogen-bond acceptors (Lipinski definition) is 2. The van der Waals surface area contributed by atoms with Crippen LogP contribution in [0.15, 0.2) is 18.2 Å². The molecule has 0 spiro atoms. The lowest BCUT2D eigenvalue weighted by Gasteiger charge is -2.28. The van der Waals surface area contributed by atoms with Crippen molar-refractivity contribution in [1.29, 1.82) is 0 Å². The highest BCUT2D eigenvalue weighted by Crippen LogP contribution is 2.37. The molecule has 0 saturated carbocycles. The first kappa shape index (κ1) is 14.1. The lowest BCUT2D eigenvalue weighted by molar-refractivity contribution is 0.110. The summed E-state index contributed by atoms with van der Waals surface area (Å²) in [5.41, 5.74) is 0.978. The Morgan fingerprint density at radius 3 is 2.72 bits per heavy atom. The Kier molecular flexibility index (Phi) is 4.54. The van der Waals surface area contributed by atoms with Gasteiger partial charge >= 0.3 is 0 Å². The fourth-order valence-corrected chi connectivity index (χ4v) is 3.18. The number of halogens is 2. The van der Waals surface area contributed by atoms with Gasteiger partial charge in [-0.3, -0.25) is 4.90 Å². The monoisotopic (exact) mass is 287 g/mol. The van der Waals surface area contributed by atoms with E-state index < -0.39 is 0 Å². The summed E-state index contributed by atoms with van der Waals surface area (Å²) in [5.74, 6) is 0.573. The molecule has 0 radical (unpaired) electrons. The van der Waals surface area contributed by atoms with Gasteiger partial charge in [0.15, 0.2) is 0 Å². The number of nitrogens with zero attached hydrogens (tertiary/aromatic N) is 1. The lowest BCUT2D eigenvalue weighted by atomic mass is 10.0. The predicted molar refractivity (Wildman–Crippen MR) is 76.2 cm³/mol. The van der Waals surface area contributed by atoms with Crippen LogP contribution in [0.4, 0.5) is 0 Å². The fraction of sp³-hybridized carbons (Fsp3) is 0.571. The Balaban J connectivity index is 2.27. The van der Waals surface area contributed by atoms with E-state index in [1.165, 1.54) is 0 Å². The van der Waals surface area contributed by atoms with Gasteiger partial charge in [-0.25, -0.2) is 0 Å². The van der Waals surface area contributed by atoms with Crippen LogP contribution in [-0.4, -0.2) is 29.2 Å². The number of likely N-dealkylation sites (tertiary alicyclic amines) is 1. The molecule has 1 aliphatic rings. The molecule has 2 unspecified atom stereocenters. The molecule has 100 valence electrons. The van der Waals surface area contributed by atoms with E-state index in [9.17, 15) is 5.11 Å².